The van der Waals surface area contributed by atoms with Crippen molar-refractivity contribution in [1.29, 1.82) is 0 Å². The van der Waals surface area contributed by atoms with Crippen molar-refractivity contribution in [2.75, 3.05) is 32.1 Å². The zero-order valence-electron chi connectivity index (χ0n) is 16.3. The molecule has 1 aliphatic heterocycles. The van der Waals surface area contributed by atoms with Gasteiger partial charge in [-0.25, -0.2) is 4.98 Å². The Bertz CT molecular complexity index is 651. The lowest BCUT2D eigenvalue weighted by molar-refractivity contribution is 0.0911. The highest BCUT2D eigenvalue weighted by atomic mass is 35.5. The fraction of sp³-hybridized carbons (Fsp3) is 0.737. The molecule has 1 aromatic heterocycles. The van der Waals surface area contributed by atoms with Crippen LogP contribution in [-0.4, -0.2) is 59.6 Å². The molecule has 1 amide bonds. The van der Waals surface area contributed by atoms with E-state index in [0.29, 0.717) is 31.0 Å². The van der Waals surface area contributed by atoms with Crippen LogP contribution in [0, 0.1) is 0 Å². The molecule has 1 atom stereocenters. The first kappa shape index (κ1) is 20.1. The molecule has 1 aliphatic carbocycles. The van der Waals surface area contributed by atoms with E-state index in [9.17, 15) is 4.79 Å². The SMILES string of the molecule is CCNc1nc(OC)c(C(=O)NCC2CCCN2C2CCCCC2)nc1Cl. The van der Waals surface area contributed by atoms with Crippen LogP contribution < -0.4 is 15.4 Å². The Hall–Kier alpha value is -1.60. The first-order valence-electron chi connectivity index (χ1n) is 10.0. The molecule has 7 nitrogen and oxygen atoms in total. The van der Waals surface area contributed by atoms with Gasteiger partial charge in [0.2, 0.25) is 5.88 Å². The quantitative estimate of drug-likeness (QED) is 0.738. The molecule has 1 saturated heterocycles. The molecule has 27 heavy (non-hydrogen) atoms. The first-order chi connectivity index (χ1) is 13.1. The van der Waals surface area contributed by atoms with Crippen LogP contribution in [0.5, 0.6) is 5.88 Å². The van der Waals surface area contributed by atoms with Gasteiger partial charge in [0.15, 0.2) is 16.7 Å². The number of rotatable bonds is 7. The summed E-state index contributed by atoms with van der Waals surface area (Å²) in [6.45, 7) is 4.34. The molecule has 2 fully saturated rings. The highest BCUT2D eigenvalue weighted by Crippen LogP contribution is 2.29. The Morgan fingerprint density at radius 3 is 2.70 bits per heavy atom. The molecule has 3 rings (SSSR count). The number of nitrogens with zero attached hydrogens (tertiary/aromatic N) is 3. The van der Waals surface area contributed by atoms with Gasteiger partial charge in [0.05, 0.1) is 7.11 Å². The van der Waals surface area contributed by atoms with Gasteiger partial charge in [-0.1, -0.05) is 30.9 Å². The number of aromatic nitrogens is 2. The van der Waals surface area contributed by atoms with Crippen LogP contribution in [0.25, 0.3) is 0 Å². The summed E-state index contributed by atoms with van der Waals surface area (Å²) < 4.78 is 5.25. The topological polar surface area (TPSA) is 79.4 Å². The molecule has 150 valence electrons. The Morgan fingerprint density at radius 2 is 2.00 bits per heavy atom. The summed E-state index contributed by atoms with van der Waals surface area (Å²) in [5.74, 6) is 0.315. The van der Waals surface area contributed by atoms with Crippen LogP contribution in [0.3, 0.4) is 0 Å². The average Bonchev–Trinajstić information content (AvgIpc) is 3.17. The van der Waals surface area contributed by atoms with Crippen LogP contribution in [0.2, 0.25) is 5.15 Å². The van der Waals surface area contributed by atoms with Gasteiger partial charge in [-0.15, -0.1) is 0 Å². The summed E-state index contributed by atoms with van der Waals surface area (Å²) in [7, 11) is 1.48. The fourth-order valence-corrected chi connectivity index (χ4v) is 4.43. The van der Waals surface area contributed by atoms with Gasteiger partial charge in [0.25, 0.3) is 5.91 Å². The average molecular weight is 396 g/mol. The molecule has 8 heteroatoms. The Kier molecular flexibility index (Phi) is 7.13. The van der Waals surface area contributed by atoms with Crippen LogP contribution in [0.15, 0.2) is 0 Å². The molecule has 1 saturated carbocycles. The number of carbonyl (C=O) groups is 1. The van der Waals surface area contributed by atoms with Crippen molar-refractivity contribution in [3.63, 3.8) is 0 Å². The number of carbonyl (C=O) groups excluding carboxylic acids is 1. The van der Waals surface area contributed by atoms with Crippen LogP contribution in [-0.2, 0) is 0 Å². The van der Waals surface area contributed by atoms with E-state index < -0.39 is 0 Å². The maximum atomic E-state index is 12.7. The van der Waals surface area contributed by atoms with E-state index >= 15 is 0 Å². The van der Waals surface area contributed by atoms with Gasteiger partial charge in [-0.2, -0.15) is 4.98 Å². The summed E-state index contributed by atoms with van der Waals surface area (Å²) in [4.78, 5) is 23.8. The Morgan fingerprint density at radius 1 is 1.22 bits per heavy atom. The summed E-state index contributed by atoms with van der Waals surface area (Å²) >= 11 is 6.15. The van der Waals surface area contributed by atoms with E-state index in [0.717, 1.165) is 13.0 Å². The summed E-state index contributed by atoms with van der Waals surface area (Å²) in [5.41, 5.74) is 0.131. The standard InChI is InChI=1S/C19H30ClN5O2/c1-3-21-17-16(20)23-15(19(24-17)27-2)18(26)22-12-14-10-7-11-25(14)13-8-5-4-6-9-13/h13-14H,3-12H2,1-2H3,(H,21,24)(H,22,26). The fourth-order valence-electron chi connectivity index (χ4n) is 4.23. The number of hydrogen-bond acceptors (Lipinski definition) is 6. The molecule has 0 aromatic carbocycles. The minimum Gasteiger partial charge on any atom is -0.479 e. The normalized spacial score (nSPS) is 21.2. The monoisotopic (exact) mass is 395 g/mol. The van der Waals surface area contributed by atoms with Gasteiger partial charge in [-0.05, 0) is 39.2 Å². The van der Waals surface area contributed by atoms with Gasteiger partial charge >= 0.3 is 0 Å². The molecule has 1 aromatic rings. The minimum absolute atomic E-state index is 0.131. The molecular formula is C19H30ClN5O2. The maximum absolute atomic E-state index is 12.7. The molecule has 1 unspecified atom stereocenters. The predicted molar refractivity (Wildman–Crippen MR) is 107 cm³/mol. The van der Waals surface area contributed by atoms with Crippen LogP contribution >= 0.6 is 11.6 Å². The van der Waals surface area contributed by atoms with Crippen LogP contribution in [0.4, 0.5) is 5.82 Å². The highest BCUT2D eigenvalue weighted by Gasteiger charge is 2.32. The van der Waals surface area contributed by atoms with Gasteiger partial charge < -0.3 is 15.4 Å². The Balaban J connectivity index is 1.64. The number of halogens is 1. The van der Waals surface area contributed by atoms with Gasteiger partial charge in [0.1, 0.15) is 0 Å². The maximum Gasteiger partial charge on any atom is 0.275 e. The number of nitrogens with one attached hydrogen (secondary N) is 2. The number of amides is 1. The van der Waals surface area contributed by atoms with E-state index in [1.54, 1.807) is 0 Å². The van der Waals surface area contributed by atoms with E-state index in [1.165, 1.54) is 45.6 Å². The second-order valence-corrected chi connectivity index (χ2v) is 7.64. The zero-order valence-corrected chi connectivity index (χ0v) is 17.0. The van der Waals surface area contributed by atoms with Crippen molar-refractivity contribution >= 4 is 23.3 Å². The predicted octanol–water partition coefficient (Wildman–Crippen LogP) is 3.10. The Labute approximate surface area is 166 Å². The van der Waals surface area contributed by atoms with Crippen molar-refractivity contribution in [2.45, 2.75) is 64.0 Å². The largest absolute Gasteiger partial charge is 0.479 e. The first-order valence-corrected chi connectivity index (χ1v) is 10.4. The lowest BCUT2D eigenvalue weighted by Gasteiger charge is -2.35. The van der Waals surface area contributed by atoms with E-state index in [4.69, 9.17) is 16.3 Å². The van der Waals surface area contributed by atoms with Crippen molar-refractivity contribution in [2.24, 2.45) is 0 Å². The molecule has 2 aliphatic rings. The smallest absolute Gasteiger partial charge is 0.275 e. The number of ether oxygens (including phenoxy) is 1. The number of methoxy groups -OCH3 is 1. The molecule has 0 spiro atoms. The number of anilines is 1. The van der Waals surface area contributed by atoms with Crippen LogP contribution in [0.1, 0.15) is 62.4 Å². The second kappa shape index (κ2) is 9.55. The summed E-state index contributed by atoms with van der Waals surface area (Å²) in [6.07, 6.45) is 8.89. The van der Waals surface area contributed by atoms with E-state index in [1.807, 2.05) is 6.92 Å². The van der Waals surface area contributed by atoms with Crippen molar-refractivity contribution in [3.05, 3.63) is 10.8 Å². The molecule has 0 bridgehead atoms. The third kappa shape index (κ3) is 4.82. The van der Waals surface area contributed by atoms with Crippen molar-refractivity contribution in [3.8, 4) is 5.88 Å². The molecule has 0 radical (unpaired) electrons. The summed E-state index contributed by atoms with van der Waals surface area (Å²) in [5, 5.41) is 6.21. The third-order valence-electron chi connectivity index (χ3n) is 5.54. The molecular weight excluding hydrogens is 366 g/mol. The number of likely N-dealkylation sites (tertiary alicyclic amines) is 1. The zero-order chi connectivity index (χ0) is 19.2. The summed E-state index contributed by atoms with van der Waals surface area (Å²) in [6, 6.07) is 1.07. The second-order valence-electron chi connectivity index (χ2n) is 7.29. The van der Waals surface area contributed by atoms with Crippen molar-refractivity contribution < 1.29 is 9.53 Å². The minimum atomic E-state index is -0.292. The van der Waals surface area contributed by atoms with E-state index in [-0.39, 0.29) is 22.6 Å². The molecule has 2 heterocycles. The third-order valence-corrected chi connectivity index (χ3v) is 5.80. The highest BCUT2D eigenvalue weighted by molar-refractivity contribution is 6.31. The molecule has 2 N–H and O–H groups in total. The van der Waals surface area contributed by atoms with Gasteiger partial charge in [-0.3, -0.25) is 9.69 Å². The van der Waals surface area contributed by atoms with E-state index in [2.05, 4.69) is 25.5 Å². The lowest BCUT2D eigenvalue weighted by Crippen LogP contribution is -2.46. The van der Waals surface area contributed by atoms with Gasteiger partial charge in [0, 0.05) is 25.2 Å². The van der Waals surface area contributed by atoms with Crippen molar-refractivity contribution in [1.82, 2.24) is 20.2 Å². The number of hydrogen-bond donors (Lipinski definition) is 2. The lowest BCUT2D eigenvalue weighted by atomic mass is 9.94.